The van der Waals surface area contributed by atoms with Gasteiger partial charge in [-0.25, -0.2) is 9.78 Å². The molecule has 0 aromatic carbocycles. The Morgan fingerprint density at radius 1 is 1.50 bits per heavy atom. The van der Waals surface area contributed by atoms with Crippen molar-refractivity contribution in [2.45, 2.75) is 26.3 Å². The van der Waals surface area contributed by atoms with E-state index in [1.54, 1.807) is 12.3 Å². The average molecular weight is 194 g/mol. The van der Waals surface area contributed by atoms with Gasteiger partial charge in [0.2, 0.25) is 0 Å². The largest absolute Gasteiger partial charge is 0.478 e. The Hall–Kier alpha value is -1.58. The second kappa shape index (κ2) is 3.65. The molecule has 0 aliphatic heterocycles. The highest BCUT2D eigenvalue weighted by atomic mass is 16.4. The zero-order valence-electron chi connectivity index (χ0n) is 8.53. The van der Waals surface area contributed by atoms with E-state index in [0.29, 0.717) is 5.82 Å². The molecule has 0 saturated carbocycles. The highest BCUT2D eigenvalue weighted by Crippen LogP contribution is 2.16. The third kappa shape index (κ3) is 2.73. The lowest BCUT2D eigenvalue weighted by atomic mass is 10.1. The van der Waals surface area contributed by atoms with E-state index in [0.717, 1.165) is 0 Å². The Morgan fingerprint density at radius 3 is 2.64 bits per heavy atom. The van der Waals surface area contributed by atoms with E-state index in [9.17, 15) is 4.79 Å². The van der Waals surface area contributed by atoms with Gasteiger partial charge in [0.25, 0.3) is 0 Å². The molecule has 4 nitrogen and oxygen atoms in total. The number of nitrogens with zero attached hydrogens (tertiary/aromatic N) is 1. The molecule has 0 aliphatic carbocycles. The van der Waals surface area contributed by atoms with Crippen LogP contribution in [0.4, 0.5) is 5.82 Å². The summed E-state index contributed by atoms with van der Waals surface area (Å²) in [6.07, 6.45) is 1.57. The summed E-state index contributed by atoms with van der Waals surface area (Å²) >= 11 is 0. The molecule has 0 fully saturated rings. The zero-order valence-corrected chi connectivity index (χ0v) is 8.53. The van der Waals surface area contributed by atoms with Gasteiger partial charge < -0.3 is 10.4 Å². The van der Waals surface area contributed by atoms with Crippen LogP contribution in [0.25, 0.3) is 0 Å². The lowest BCUT2D eigenvalue weighted by molar-refractivity contribution is 0.0697. The molecule has 14 heavy (non-hydrogen) atoms. The number of hydrogen-bond donors (Lipinski definition) is 2. The van der Waals surface area contributed by atoms with Crippen LogP contribution in [0.5, 0.6) is 0 Å². The second-order valence-electron chi connectivity index (χ2n) is 4.08. The molecule has 0 spiro atoms. The topological polar surface area (TPSA) is 62.2 Å². The Morgan fingerprint density at radius 2 is 2.14 bits per heavy atom. The van der Waals surface area contributed by atoms with Crippen molar-refractivity contribution in [1.29, 1.82) is 0 Å². The average Bonchev–Trinajstić information content (AvgIpc) is 2.01. The van der Waals surface area contributed by atoms with E-state index < -0.39 is 5.97 Å². The Balaban J connectivity index is 3.02. The van der Waals surface area contributed by atoms with Crippen LogP contribution in [0.2, 0.25) is 0 Å². The van der Waals surface area contributed by atoms with Crippen molar-refractivity contribution in [3.05, 3.63) is 23.9 Å². The van der Waals surface area contributed by atoms with E-state index in [-0.39, 0.29) is 11.1 Å². The summed E-state index contributed by atoms with van der Waals surface area (Å²) in [5, 5.41) is 11.9. The van der Waals surface area contributed by atoms with Gasteiger partial charge >= 0.3 is 5.97 Å². The van der Waals surface area contributed by atoms with Crippen molar-refractivity contribution >= 4 is 11.8 Å². The number of carboxylic acid groups (broad SMARTS) is 1. The first kappa shape index (κ1) is 10.5. The third-order valence-corrected chi connectivity index (χ3v) is 1.53. The quantitative estimate of drug-likeness (QED) is 0.755. The van der Waals surface area contributed by atoms with E-state index in [1.165, 1.54) is 6.07 Å². The van der Waals surface area contributed by atoms with Crippen LogP contribution in [0.3, 0.4) is 0 Å². The molecule has 0 amide bonds. The molecule has 1 aromatic heterocycles. The Kier molecular flexibility index (Phi) is 2.74. The minimum atomic E-state index is -0.968. The highest BCUT2D eigenvalue weighted by molar-refractivity contribution is 5.93. The predicted molar refractivity (Wildman–Crippen MR) is 54.6 cm³/mol. The molecular weight excluding hydrogens is 180 g/mol. The van der Waals surface area contributed by atoms with Gasteiger partial charge in [-0.3, -0.25) is 0 Å². The van der Waals surface area contributed by atoms with Crippen LogP contribution >= 0.6 is 0 Å². The minimum Gasteiger partial charge on any atom is -0.478 e. The van der Waals surface area contributed by atoms with Crippen molar-refractivity contribution in [2.75, 3.05) is 5.32 Å². The smallest absolute Gasteiger partial charge is 0.339 e. The Bertz CT molecular complexity index is 342. The number of rotatable bonds is 2. The third-order valence-electron chi connectivity index (χ3n) is 1.53. The molecule has 1 rings (SSSR count). The molecule has 0 bridgehead atoms. The lowest BCUT2D eigenvalue weighted by Gasteiger charge is -2.22. The van der Waals surface area contributed by atoms with Gasteiger partial charge in [-0.2, -0.15) is 0 Å². The zero-order chi connectivity index (χ0) is 10.8. The number of anilines is 1. The van der Waals surface area contributed by atoms with Gasteiger partial charge in [-0.05, 0) is 32.9 Å². The maximum atomic E-state index is 10.8. The fourth-order valence-electron chi connectivity index (χ4n) is 1.03. The van der Waals surface area contributed by atoms with Crippen molar-refractivity contribution in [3.8, 4) is 0 Å². The van der Waals surface area contributed by atoms with E-state index in [4.69, 9.17) is 5.11 Å². The van der Waals surface area contributed by atoms with Gasteiger partial charge in [-0.15, -0.1) is 0 Å². The van der Waals surface area contributed by atoms with Crippen molar-refractivity contribution in [2.24, 2.45) is 0 Å². The number of nitrogens with one attached hydrogen (secondary N) is 1. The normalized spacial score (nSPS) is 11.1. The highest BCUT2D eigenvalue weighted by Gasteiger charge is 2.16. The SMILES string of the molecule is CC(C)(C)Nc1ncccc1C(=O)O. The molecular formula is C10H14N2O2. The first-order chi connectivity index (χ1) is 6.40. The molecule has 0 aliphatic rings. The van der Waals surface area contributed by atoms with Crippen molar-refractivity contribution in [3.63, 3.8) is 0 Å². The molecule has 76 valence electrons. The van der Waals surface area contributed by atoms with Crippen LogP contribution in [0.1, 0.15) is 31.1 Å². The number of carbonyl (C=O) groups is 1. The Labute approximate surface area is 83.0 Å². The standard InChI is InChI=1S/C10H14N2O2/c1-10(2,3)12-8-7(9(13)14)5-4-6-11-8/h4-6H,1-3H3,(H,11,12)(H,13,14). The van der Waals surface area contributed by atoms with Gasteiger partial charge in [0.05, 0.1) is 0 Å². The van der Waals surface area contributed by atoms with E-state index in [2.05, 4.69) is 10.3 Å². The van der Waals surface area contributed by atoms with Gasteiger partial charge in [-0.1, -0.05) is 0 Å². The number of pyridine rings is 1. The van der Waals surface area contributed by atoms with Crippen LogP contribution in [-0.4, -0.2) is 21.6 Å². The van der Waals surface area contributed by atoms with Crippen LogP contribution < -0.4 is 5.32 Å². The second-order valence-corrected chi connectivity index (χ2v) is 4.08. The molecule has 4 heteroatoms. The molecule has 1 aromatic rings. The van der Waals surface area contributed by atoms with Gasteiger partial charge in [0.15, 0.2) is 0 Å². The molecule has 2 N–H and O–H groups in total. The molecule has 0 saturated heterocycles. The number of hydrogen-bond acceptors (Lipinski definition) is 3. The predicted octanol–water partition coefficient (Wildman–Crippen LogP) is 1.99. The van der Waals surface area contributed by atoms with Gasteiger partial charge in [0, 0.05) is 11.7 Å². The van der Waals surface area contributed by atoms with Crippen molar-refractivity contribution < 1.29 is 9.90 Å². The summed E-state index contributed by atoms with van der Waals surface area (Å²) in [6, 6.07) is 3.14. The first-order valence-electron chi connectivity index (χ1n) is 4.36. The van der Waals surface area contributed by atoms with E-state index >= 15 is 0 Å². The van der Waals surface area contributed by atoms with Crippen molar-refractivity contribution in [1.82, 2.24) is 4.98 Å². The van der Waals surface area contributed by atoms with Crippen LogP contribution in [-0.2, 0) is 0 Å². The van der Waals surface area contributed by atoms with E-state index in [1.807, 2.05) is 20.8 Å². The number of carboxylic acids is 1. The molecule has 1 heterocycles. The number of aromatic nitrogens is 1. The van der Waals surface area contributed by atoms with Crippen LogP contribution in [0.15, 0.2) is 18.3 Å². The summed E-state index contributed by atoms with van der Waals surface area (Å²) < 4.78 is 0. The molecule has 0 radical (unpaired) electrons. The lowest BCUT2D eigenvalue weighted by Crippen LogP contribution is -2.27. The van der Waals surface area contributed by atoms with Gasteiger partial charge in [0.1, 0.15) is 11.4 Å². The summed E-state index contributed by atoms with van der Waals surface area (Å²) in [5.41, 5.74) is 0.000810. The maximum absolute atomic E-state index is 10.8. The minimum absolute atomic E-state index is 0.196. The molecule has 0 unspecified atom stereocenters. The fraction of sp³-hybridized carbons (Fsp3) is 0.400. The molecule has 0 atom stereocenters. The number of aromatic carboxylic acids is 1. The first-order valence-corrected chi connectivity index (χ1v) is 4.36. The summed E-state index contributed by atoms with van der Waals surface area (Å²) in [5.74, 6) is -0.558. The maximum Gasteiger partial charge on any atom is 0.339 e. The summed E-state index contributed by atoms with van der Waals surface area (Å²) in [6.45, 7) is 5.86. The fourth-order valence-corrected chi connectivity index (χ4v) is 1.03. The van der Waals surface area contributed by atoms with Crippen LogP contribution in [0, 0.1) is 0 Å². The monoisotopic (exact) mass is 194 g/mol. The summed E-state index contributed by atoms with van der Waals surface area (Å²) in [7, 11) is 0. The summed E-state index contributed by atoms with van der Waals surface area (Å²) in [4.78, 5) is 14.8.